The van der Waals surface area contributed by atoms with E-state index in [4.69, 9.17) is 14.2 Å². The highest BCUT2D eigenvalue weighted by molar-refractivity contribution is 6.01. The summed E-state index contributed by atoms with van der Waals surface area (Å²) in [4.78, 5) is 65.1. The third kappa shape index (κ3) is 6.29. The number of aliphatic hydroxyl groups excluding tert-OH is 1. The van der Waals surface area contributed by atoms with E-state index in [0.29, 0.717) is 6.42 Å². The first-order valence-electron chi connectivity index (χ1n) is 16.3. The number of halogens is 2. The monoisotopic (exact) mass is 707 g/mol. The van der Waals surface area contributed by atoms with Crippen molar-refractivity contribution in [3.63, 3.8) is 0 Å². The molecular weight excluding hydrogens is 668 g/mol. The zero-order valence-electron chi connectivity index (χ0n) is 27.6. The summed E-state index contributed by atoms with van der Waals surface area (Å²) in [6.07, 6.45) is -0.689. The number of esters is 1. The van der Waals surface area contributed by atoms with Gasteiger partial charge in [-0.15, -0.1) is 10.1 Å². The number of hydrogen-bond donors (Lipinski definition) is 3. The second-order valence-corrected chi connectivity index (χ2v) is 14.0. The third-order valence-electron chi connectivity index (χ3n) is 11.1. The summed E-state index contributed by atoms with van der Waals surface area (Å²) in [6, 6.07) is 1.76. The molecule has 0 heterocycles. The van der Waals surface area contributed by atoms with Gasteiger partial charge in [0.05, 0.1) is 24.9 Å². The van der Waals surface area contributed by atoms with Gasteiger partial charge in [-0.1, -0.05) is 19.9 Å². The number of phenolic OH excluding ortho intramolecular Hbond substituents is 2. The number of allylic oxidation sites excluding steroid dienone is 4. The lowest BCUT2D eigenvalue weighted by Crippen LogP contribution is -2.68. The lowest BCUT2D eigenvalue weighted by molar-refractivity contribution is -0.757. The van der Waals surface area contributed by atoms with Crippen LogP contribution in [0, 0.1) is 44.6 Å². The van der Waals surface area contributed by atoms with Crippen molar-refractivity contribution >= 4 is 23.7 Å². The van der Waals surface area contributed by atoms with E-state index in [-0.39, 0.29) is 56.0 Å². The maximum atomic E-state index is 17.3. The van der Waals surface area contributed by atoms with E-state index in [9.17, 15) is 44.6 Å². The third-order valence-corrected chi connectivity index (χ3v) is 11.1. The summed E-state index contributed by atoms with van der Waals surface area (Å²) in [6.45, 7) is 3.86. The number of alkyl halides is 2. The van der Waals surface area contributed by atoms with Crippen LogP contribution in [0.4, 0.5) is 13.6 Å². The number of carbonyl (C=O) groups excluding carboxylic acids is 4. The summed E-state index contributed by atoms with van der Waals surface area (Å²) in [5.41, 5.74) is -5.18. The fourth-order valence-electron chi connectivity index (χ4n) is 8.98. The van der Waals surface area contributed by atoms with Crippen LogP contribution in [0.15, 0.2) is 35.9 Å². The van der Waals surface area contributed by atoms with Crippen LogP contribution in [0.3, 0.4) is 0 Å². The van der Waals surface area contributed by atoms with E-state index >= 15 is 8.78 Å². The number of aliphatic hydroxyl groups is 1. The largest absolute Gasteiger partial charge is 0.514 e. The lowest BCUT2D eigenvalue weighted by Gasteiger charge is -2.62. The van der Waals surface area contributed by atoms with E-state index in [1.54, 1.807) is 13.8 Å². The van der Waals surface area contributed by atoms with Crippen molar-refractivity contribution in [3.05, 3.63) is 51.6 Å². The van der Waals surface area contributed by atoms with Crippen molar-refractivity contribution in [2.24, 2.45) is 34.5 Å². The molecule has 6 unspecified atom stereocenters. The molecule has 3 saturated carbocycles. The first-order chi connectivity index (χ1) is 23.4. The van der Waals surface area contributed by atoms with Crippen molar-refractivity contribution in [3.8, 4) is 17.2 Å². The predicted molar refractivity (Wildman–Crippen MR) is 166 cm³/mol. The maximum absolute atomic E-state index is 17.3. The molecule has 0 saturated heterocycles. The fraction of sp³-hybridized carbons (Fsp3) is 0.588. The van der Waals surface area contributed by atoms with Crippen LogP contribution >= 0.6 is 0 Å². The Labute approximate surface area is 285 Å². The van der Waals surface area contributed by atoms with Crippen molar-refractivity contribution < 1.29 is 67.4 Å². The van der Waals surface area contributed by atoms with Gasteiger partial charge in [0.1, 0.15) is 6.17 Å². The summed E-state index contributed by atoms with van der Waals surface area (Å²) in [7, 11) is 0. The number of fused-ring (bicyclic) bond motifs is 5. The van der Waals surface area contributed by atoms with Crippen molar-refractivity contribution in [2.75, 3.05) is 19.8 Å². The smallest absolute Gasteiger partial charge is 0.504 e. The molecule has 4 aliphatic carbocycles. The molecule has 0 spiro atoms. The lowest BCUT2D eigenvalue weighted by atomic mass is 9.45. The van der Waals surface area contributed by atoms with Gasteiger partial charge >= 0.3 is 12.1 Å². The predicted octanol–water partition coefficient (Wildman–Crippen LogP) is 4.51. The van der Waals surface area contributed by atoms with Crippen molar-refractivity contribution in [1.82, 2.24) is 0 Å². The van der Waals surface area contributed by atoms with Crippen LogP contribution in [0.5, 0.6) is 17.2 Å². The molecule has 14 nitrogen and oxygen atoms in total. The minimum atomic E-state index is -2.30. The van der Waals surface area contributed by atoms with Crippen LogP contribution in [0.25, 0.3) is 0 Å². The van der Waals surface area contributed by atoms with Crippen LogP contribution in [-0.4, -0.2) is 81.9 Å². The molecule has 16 heteroatoms. The first kappa shape index (κ1) is 36.7. The molecule has 3 N–H and O–H groups in total. The van der Waals surface area contributed by atoms with Gasteiger partial charge in [0.2, 0.25) is 5.75 Å². The molecule has 272 valence electrons. The number of ether oxygens (including phenoxy) is 3. The second kappa shape index (κ2) is 13.6. The van der Waals surface area contributed by atoms with Crippen LogP contribution in [-0.2, 0) is 23.9 Å². The Morgan fingerprint density at radius 3 is 2.48 bits per heavy atom. The van der Waals surface area contributed by atoms with Gasteiger partial charge in [0.15, 0.2) is 35.3 Å². The zero-order chi connectivity index (χ0) is 36.8. The first-order valence-corrected chi connectivity index (χ1v) is 16.3. The van der Waals surface area contributed by atoms with E-state index in [1.165, 1.54) is 19.1 Å². The fourth-order valence-corrected chi connectivity index (χ4v) is 8.98. The Kier molecular flexibility index (Phi) is 9.98. The van der Waals surface area contributed by atoms with Gasteiger partial charge in [-0.2, -0.15) is 0 Å². The van der Waals surface area contributed by atoms with Crippen LogP contribution < -0.4 is 4.74 Å². The summed E-state index contributed by atoms with van der Waals surface area (Å²) < 4.78 is 48.0. The van der Waals surface area contributed by atoms with Crippen LogP contribution in [0.2, 0.25) is 0 Å². The number of hydrogen-bond acceptors (Lipinski definition) is 13. The highest BCUT2D eigenvalue weighted by Crippen LogP contribution is 2.70. The number of ketones is 2. The van der Waals surface area contributed by atoms with E-state index in [0.717, 1.165) is 18.2 Å². The molecule has 5 rings (SSSR count). The molecule has 0 radical (unpaired) electrons. The SMILES string of the molecule is C[C@@H]1CC2C3C[C@H](F)C4=CC(=O)C=CC4(C)[C@@]3(F)C(O)CC2(C)C1C(=O)COC(=O)Oc1cc(C(=O)OCCCCO[N+](=O)[O-])cc(O)c1O. The Morgan fingerprint density at radius 2 is 1.78 bits per heavy atom. The average Bonchev–Trinajstić information content (AvgIpc) is 3.31. The highest BCUT2D eigenvalue weighted by Gasteiger charge is 2.73. The molecule has 50 heavy (non-hydrogen) atoms. The molecule has 0 aliphatic heterocycles. The van der Waals surface area contributed by atoms with E-state index in [2.05, 4.69) is 4.84 Å². The molecule has 4 aliphatic rings. The number of nitrogens with zero attached hydrogens (tertiary/aromatic N) is 1. The summed E-state index contributed by atoms with van der Waals surface area (Å²) in [5.74, 6) is -7.06. The summed E-state index contributed by atoms with van der Waals surface area (Å²) in [5, 5.41) is 41.0. The standard InChI is InChI=1S/C34H39F2NO13/c1-17-10-20-21-14-23(35)22-13-19(38)6-7-33(22,3)34(21,36)27(41)15-32(20,2)28(17)25(40)16-48-31(44)50-26-12-18(11-24(39)29(26)42)30(43)47-8-4-5-9-49-37(45)46/h6-7,11-13,17,20-21,23,27-28,39,41-42H,4-5,8-10,14-16H2,1-3H3/t17-,20?,21?,23+,27?,28?,32?,33?,34+/m1/s1. The van der Waals surface area contributed by atoms with Crippen molar-refractivity contribution in [2.45, 2.75) is 70.8 Å². The number of Topliss-reactive ketones (excluding diaryl/α,β-unsaturated/α-hetero) is 1. The molecule has 0 bridgehead atoms. The summed E-state index contributed by atoms with van der Waals surface area (Å²) >= 11 is 0. The molecule has 9 atom stereocenters. The quantitative estimate of drug-likeness (QED) is 0.0723. The average molecular weight is 708 g/mol. The van der Waals surface area contributed by atoms with E-state index in [1.807, 2.05) is 0 Å². The Bertz CT molecular complexity index is 1650. The zero-order valence-corrected chi connectivity index (χ0v) is 27.6. The molecule has 0 aromatic heterocycles. The number of carbonyl (C=O) groups is 4. The normalized spacial score (nSPS) is 34.0. The van der Waals surface area contributed by atoms with Gasteiger partial charge in [-0.25, -0.2) is 18.4 Å². The maximum Gasteiger partial charge on any atom is 0.514 e. The Balaban J connectivity index is 1.23. The van der Waals surface area contributed by atoms with Gasteiger partial charge < -0.3 is 34.4 Å². The highest BCUT2D eigenvalue weighted by atomic mass is 19.1. The topological polar surface area (TPSA) is 209 Å². The number of rotatable bonds is 11. The number of unbranched alkanes of at least 4 members (excludes halogenated alkanes) is 1. The van der Waals surface area contributed by atoms with Crippen LogP contribution in [0.1, 0.15) is 63.2 Å². The molecule has 1 aromatic carbocycles. The number of phenols is 2. The van der Waals surface area contributed by atoms with E-state index < -0.39 is 99.2 Å². The Morgan fingerprint density at radius 1 is 1.08 bits per heavy atom. The van der Waals surface area contributed by atoms with Gasteiger partial charge in [-0.3, -0.25) is 9.59 Å². The number of aromatic hydroxyl groups is 2. The van der Waals surface area contributed by atoms with Crippen molar-refractivity contribution in [1.29, 1.82) is 0 Å². The molecule has 1 aromatic rings. The second-order valence-electron chi connectivity index (χ2n) is 14.0. The molecule has 3 fully saturated rings. The molecular formula is C34H39F2NO13. The van der Waals surface area contributed by atoms with Gasteiger partial charge in [-0.05, 0) is 86.1 Å². The van der Waals surface area contributed by atoms with Gasteiger partial charge in [0.25, 0.3) is 5.09 Å². The minimum Gasteiger partial charge on any atom is -0.504 e. The number of benzene rings is 1. The molecule has 0 amide bonds. The van der Waals surface area contributed by atoms with Gasteiger partial charge in [0, 0.05) is 17.3 Å². The minimum absolute atomic E-state index is 0.00304. The Hall–Kier alpha value is -4.60.